The Kier molecular flexibility index (Phi) is 5.94. The van der Waals surface area contributed by atoms with E-state index in [0.29, 0.717) is 24.2 Å². The molecule has 0 radical (unpaired) electrons. The van der Waals surface area contributed by atoms with Gasteiger partial charge in [0.25, 0.3) is 5.89 Å². The van der Waals surface area contributed by atoms with Crippen LogP contribution in [0.25, 0.3) is 17.1 Å². The maximum absolute atomic E-state index is 5.48. The van der Waals surface area contributed by atoms with Crippen molar-refractivity contribution in [2.75, 3.05) is 13.1 Å². The zero-order valence-electron chi connectivity index (χ0n) is 19.4. The van der Waals surface area contributed by atoms with Crippen molar-refractivity contribution in [3.05, 3.63) is 103 Å². The van der Waals surface area contributed by atoms with Crippen LogP contribution >= 0.6 is 0 Å². The normalized spacial score (nSPS) is 15.0. The number of nitrogens with zero attached hydrogens (tertiary/aromatic N) is 7. The van der Waals surface area contributed by atoms with Gasteiger partial charge in [-0.2, -0.15) is 4.98 Å². The van der Waals surface area contributed by atoms with Crippen molar-refractivity contribution in [2.45, 2.75) is 31.8 Å². The minimum absolute atomic E-state index is 0.436. The van der Waals surface area contributed by atoms with E-state index in [-0.39, 0.29) is 0 Å². The quantitative estimate of drug-likeness (QED) is 0.351. The van der Waals surface area contributed by atoms with Gasteiger partial charge in [0.1, 0.15) is 5.82 Å². The first-order valence-electron chi connectivity index (χ1n) is 12.0. The van der Waals surface area contributed by atoms with Crippen LogP contribution < -0.4 is 0 Å². The molecule has 8 nitrogen and oxygen atoms in total. The maximum Gasteiger partial charge on any atom is 0.257 e. The molecule has 0 amide bonds. The van der Waals surface area contributed by atoms with E-state index < -0.39 is 0 Å². The monoisotopic (exact) mass is 465 g/mol. The van der Waals surface area contributed by atoms with Crippen LogP contribution in [0.1, 0.15) is 36.0 Å². The van der Waals surface area contributed by atoms with E-state index in [4.69, 9.17) is 9.51 Å². The SMILES string of the molecule is c1ccc(-c2nc(Cn3ccnc3C3CCN(Cc4ccc(-n5ccnc5)cc4)CC3)no2)cc1. The Morgan fingerprint density at radius 1 is 0.886 bits per heavy atom. The Hall–Kier alpha value is -4.04. The van der Waals surface area contributed by atoms with Gasteiger partial charge in [-0.05, 0) is 55.8 Å². The van der Waals surface area contributed by atoms with Gasteiger partial charge < -0.3 is 13.7 Å². The zero-order valence-corrected chi connectivity index (χ0v) is 19.4. The second-order valence-corrected chi connectivity index (χ2v) is 8.98. The first-order chi connectivity index (χ1) is 17.3. The summed E-state index contributed by atoms with van der Waals surface area (Å²) in [5.41, 5.74) is 3.40. The molecule has 1 fully saturated rings. The van der Waals surface area contributed by atoms with Crippen LogP contribution in [0, 0.1) is 0 Å². The molecule has 0 saturated carbocycles. The standard InChI is InChI=1S/C27H27N7O/c1-2-4-23(5-3-1)27-30-25(31-35-27)19-33-17-13-29-26(33)22-10-14-32(15-11-22)18-21-6-8-24(9-7-21)34-16-12-28-20-34/h1-9,12-13,16-17,20,22H,10-11,14-15,18-19H2. The largest absolute Gasteiger partial charge is 0.334 e. The minimum Gasteiger partial charge on any atom is -0.334 e. The van der Waals surface area contributed by atoms with Gasteiger partial charge in [0.2, 0.25) is 0 Å². The Morgan fingerprint density at radius 3 is 2.49 bits per heavy atom. The Bertz CT molecular complexity index is 1350. The van der Waals surface area contributed by atoms with E-state index in [0.717, 1.165) is 49.6 Å². The molecule has 1 aliphatic rings. The molecule has 0 aliphatic carbocycles. The highest BCUT2D eigenvalue weighted by Gasteiger charge is 2.24. The fourth-order valence-corrected chi connectivity index (χ4v) is 4.78. The van der Waals surface area contributed by atoms with Crippen LogP contribution in [0.4, 0.5) is 0 Å². The van der Waals surface area contributed by atoms with E-state index in [1.165, 1.54) is 5.56 Å². The molecule has 4 heterocycles. The Labute approximate surface area is 203 Å². The molecule has 0 spiro atoms. The third kappa shape index (κ3) is 4.79. The molecule has 2 aromatic carbocycles. The van der Waals surface area contributed by atoms with Gasteiger partial charge in [-0.1, -0.05) is 35.5 Å². The van der Waals surface area contributed by atoms with Gasteiger partial charge in [-0.25, -0.2) is 9.97 Å². The molecule has 0 N–H and O–H groups in total. The van der Waals surface area contributed by atoms with Crippen molar-refractivity contribution >= 4 is 0 Å². The molecule has 0 atom stereocenters. The molecule has 1 aliphatic heterocycles. The number of likely N-dealkylation sites (tertiary alicyclic amines) is 1. The summed E-state index contributed by atoms with van der Waals surface area (Å²) < 4.78 is 9.66. The van der Waals surface area contributed by atoms with Crippen LogP contribution in [-0.2, 0) is 13.1 Å². The fraction of sp³-hybridized carbons (Fsp3) is 0.259. The number of hydrogen-bond donors (Lipinski definition) is 0. The van der Waals surface area contributed by atoms with Crippen LogP contribution in [-0.4, -0.2) is 47.2 Å². The van der Waals surface area contributed by atoms with E-state index in [2.05, 4.69) is 48.9 Å². The summed E-state index contributed by atoms with van der Waals surface area (Å²) >= 11 is 0. The molecule has 0 unspecified atom stereocenters. The molecule has 8 heteroatoms. The molecule has 176 valence electrons. The minimum atomic E-state index is 0.436. The number of benzene rings is 2. The highest BCUT2D eigenvalue weighted by molar-refractivity contribution is 5.52. The summed E-state index contributed by atoms with van der Waals surface area (Å²) in [6.45, 7) is 3.65. The van der Waals surface area contributed by atoms with Crippen molar-refractivity contribution in [1.82, 2.24) is 34.1 Å². The van der Waals surface area contributed by atoms with Crippen LogP contribution in [0.3, 0.4) is 0 Å². The van der Waals surface area contributed by atoms with Gasteiger partial charge in [-0.3, -0.25) is 4.90 Å². The van der Waals surface area contributed by atoms with Gasteiger partial charge in [0.05, 0.1) is 12.9 Å². The summed E-state index contributed by atoms with van der Waals surface area (Å²) in [5, 5.41) is 4.19. The first-order valence-corrected chi connectivity index (χ1v) is 12.0. The van der Waals surface area contributed by atoms with Crippen LogP contribution in [0.15, 0.2) is 90.2 Å². The van der Waals surface area contributed by atoms with E-state index in [1.807, 2.05) is 59.8 Å². The Balaban J connectivity index is 1.06. The topological polar surface area (TPSA) is 77.8 Å². The third-order valence-electron chi connectivity index (χ3n) is 6.65. The molecule has 3 aromatic heterocycles. The third-order valence-corrected chi connectivity index (χ3v) is 6.65. The van der Waals surface area contributed by atoms with Crippen molar-refractivity contribution < 1.29 is 4.52 Å². The molecule has 6 rings (SSSR count). The van der Waals surface area contributed by atoms with Crippen molar-refractivity contribution in [3.8, 4) is 17.1 Å². The number of imidazole rings is 2. The van der Waals surface area contributed by atoms with E-state index in [9.17, 15) is 0 Å². The molecule has 35 heavy (non-hydrogen) atoms. The predicted molar refractivity (Wildman–Crippen MR) is 132 cm³/mol. The number of rotatable bonds is 7. The highest BCUT2D eigenvalue weighted by atomic mass is 16.5. The lowest BCUT2D eigenvalue weighted by atomic mass is 9.95. The van der Waals surface area contributed by atoms with Crippen molar-refractivity contribution in [3.63, 3.8) is 0 Å². The zero-order chi connectivity index (χ0) is 23.5. The average molecular weight is 466 g/mol. The molecule has 0 bridgehead atoms. The second-order valence-electron chi connectivity index (χ2n) is 8.98. The molecular formula is C27H27N7O. The molecule has 5 aromatic rings. The average Bonchev–Trinajstić information content (AvgIpc) is 3.69. The predicted octanol–water partition coefficient (Wildman–Crippen LogP) is 4.55. The van der Waals surface area contributed by atoms with Gasteiger partial charge in [0, 0.05) is 48.5 Å². The van der Waals surface area contributed by atoms with Crippen LogP contribution in [0.5, 0.6) is 0 Å². The van der Waals surface area contributed by atoms with Gasteiger partial charge in [0.15, 0.2) is 5.82 Å². The summed E-state index contributed by atoms with van der Waals surface area (Å²) in [6, 6.07) is 18.6. The number of aromatic nitrogens is 6. The number of hydrogen-bond acceptors (Lipinski definition) is 6. The van der Waals surface area contributed by atoms with E-state index in [1.54, 1.807) is 6.20 Å². The summed E-state index contributed by atoms with van der Waals surface area (Å²) in [5.74, 6) is 2.76. The lowest BCUT2D eigenvalue weighted by Crippen LogP contribution is -2.33. The lowest BCUT2D eigenvalue weighted by Gasteiger charge is -2.31. The van der Waals surface area contributed by atoms with Gasteiger partial charge >= 0.3 is 0 Å². The first kappa shape index (κ1) is 21.5. The molecular weight excluding hydrogens is 438 g/mol. The van der Waals surface area contributed by atoms with Crippen molar-refractivity contribution in [2.24, 2.45) is 0 Å². The van der Waals surface area contributed by atoms with E-state index >= 15 is 0 Å². The number of piperidine rings is 1. The van der Waals surface area contributed by atoms with Crippen molar-refractivity contribution in [1.29, 1.82) is 0 Å². The maximum atomic E-state index is 5.48. The second kappa shape index (κ2) is 9.68. The lowest BCUT2D eigenvalue weighted by molar-refractivity contribution is 0.200. The fourth-order valence-electron chi connectivity index (χ4n) is 4.78. The molecule has 1 saturated heterocycles. The highest BCUT2D eigenvalue weighted by Crippen LogP contribution is 2.28. The van der Waals surface area contributed by atoms with Gasteiger partial charge in [-0.15, -0.1) is 0 Å². The smallest absolute Gasteiger partial charge is 0.257 e. The summed E-state index contributed by atoms with van der Waals surface area (Å²) in [6.07, 6.45) is 11.7. The summed E-state index contributed by atoms with van der Waals surface area (Å²) in [4.78, 5) is 15.9. The van der Waals surface area contributed by atoms with Crippen LogP contribution in [0.2, 0.25) is 0 Å². The summed E-state index contributed by atoms with van der Waals surface area (Å²) in [7, 11) is 0. The Morgan fingerprint density at radius 2 is 1.71 bits per heavy atom.